The lowest BCUT2D eigenvalue weighted by Crippen LogP contribution is -2.33. The lowest BCUT2D eigenvalue weighted by Gasteiger charge is -2.42. The second kappa shape index (κ2) is 15.0. The summed E-state index contributed by atoms with van der Waals surface area (Å²) in [6.07, 6.45) is 6.75. The van der Waals surface area contributed by atoms with Crippen molar-refractivity contribution in [2.75, 3.05) is 0 Å². The first-order valence-electron chi connectivity index (χ1n) is 19.5. The number of fused-ring (bicyclic) bond motifs is 3. The second-order valence-corrected chi connectivity index (χ2v) is 18.5. The highest BCUT2D eigenvalue weighted by molar-refractivity contribution is 7.13. The van der Waals surface area contributed by atoms with Gasteiger partial charge in [-0.25, -0.2) is 9.59 Å². The first-order valence-corrected chi connectivity index (χ1v) is 20.3. The summed E-state index contributed by atoms with van der Waals surface area (Å²) in [7, 11) is 0. The van der Waals surface area contributed by atoms with E-state index in [1.807, 2.05) is 24.3 Å². The van der Waals surface area contributed by atoms with Crippen LogP contribution in [-0.4, -0.2) is 27.8 Å². The maximum atomic E-state index is 11.1. The molecule has 8 rings (SSSR count). The SMILES string of the molecule is C/C(=C\c1ccc(C(=O)O)cc1)c1ccc2c(c1)C(C)(C)CCC2(C)C.Cc1ccc(C2=CC(C)(C)Oc3cc4ccc(-c5ccc(C(=O)O)cc5)cc4cc32)s1. The number of hydrogen-bond acceptors (Lipinski definition) is 4. The molecule has 57 heavy (non-hydrogen) atoms. The van der Waals surface area contributed by atoms with E-state index >= 15 is 0 Å². The maximum absolute atomic E-state index is 11.1. The Morgan fingerprint density at radius 1 is 0.649 bits per heavy atom. The van der Waals surface area contributed by atoms with Gasteiger partial charge in [-0.05, 0) is 162 Å². The molecule has 1 aliphatic heterocycles. The largest absolute Gasteiger partial charge is 0.483 e. The predicted octanol–water partition coefficient (Wildman–Crippen LogP) is 13.5. The summed E-state index contributed by atoms with van der Waals surface area (Å²) in [4.78, 5) is 24.7. The number of aromatic carboxylic acids is 2. The molecule has 0 atom stereocenters. The number of ether oxygens (including phenoxy) is 1. The lowest BCUT2D eigenvalue weighted by atomic mass is 9.63. The maximum Gasteiger partial charge on any atom is 0.335 e. The predicted molar refractivity (Wildman–Crippen MR) is 236 cm³/mol. The standard InChI is InChI=1S/C27H22O3S.C24H28O2/c1-16-4-11-25(31-16)23-15-27(2,3)30-24-14-20-10-9-19(12-21(20)13-22(23)24)17-5-7-18(8-6-17)26(28)29;1-16(14-17-6-8-18(9-7-17)22(25)26)19-10-11-20-21(15-19)24(4,5)13-12-23(20,2)3/h4-15H,1-3H3,(H,28,29);6-11,14-15H,12-13H2,1-5H3,(H,25,26)/b;16-14+. The number of carboxylic acids is 2. The van der Waals surface area contributed by atoms with Crippen molar-refractivity contribution in [1.82, 2.24) is 0 Å². The van der Waals surface area contributed by atoms with Gasteiger partial charge in [0.2, 0.25) is 0 Å². The van der Waals surface area contributed by atoms with Crippen molar-refractivity contribution in [3.8, 4) is 16.9 Å². The molecule has 0 saturated heterocycles. The van der Waals surface area contributed by atoms with Crippen molar-refractivity contribution >= 4 is 51.3 Å². The monoisotopic (exact) mass is 774 g/mol. The van der Waals surface area contributed by atoms with E-state index in [9.17, 15) is 9.59 Å². The molecular formula is C51H50O5S. The van der Waals surface area contributed by atoms with E-state index in [4.69, 9.17) is 14.9 Å². The van der Waals surface area contributed by atoms with Crippen LogP contribution in [0.5, 0.6) is 5.75 Å². The number of hydrogen-bond donors (Lipinski definition) is 2. The fraction of sp³-hybridized carbons (Fsp3) is 0.255. The van der Waals surface area contributed by atoms with Gasteiger partial charge in [0.05, 0.1) is 11.1 Å². The molecule has 0 saturated carbocycles. The van der Waals surface area contributed by atoms with E-state index in [2.05, 4.69) is 128 Å². The van der Waals surface area contributed by atoms with Gasteiger partial charge < -0.3 is 14.9 Å². The Hall–Kier alpha value is -5.72. The highest BCUT2D eigenvalue weighted by Gasteiger charge is 2.37. The molecule has 1 aromatic heterocycles. The van der Waals surface area contributed by atoms with Crippen molar-refractivity contribution in [2.45, 2.75) is 84.7 Å². The van der Waals surface area contributed by atoms with Gasteiger partial charge >= 0.3 is 11.9 Å². The quantitative estimate of drug-likeness (QED) is 0.165. The number of thiophene rings is 1. The Bertz CT molecular complexity index is 2580. The summed E-state index contributed by atoms with van der Waals surface area (Å²) in [5, 5.41) is 20.4. The van der Waals surface area contributed by atoms with Crippen molar-refractivity contribution in [1.29, 1.82) is 0 Å². The molecule has 5 aromatic carbocycles. The van der Waals surface area contributed by atoms with Crippen LogP contribution in [0.25, 0.3) is 39.1 Å². The van der Waals surface area contributed by atoms with Crippen LogP contribution in [0, 0.1) is 6.92 Å². The highest BCUT2D eigenvalue weighted by Crippen LogP contribution is 2.47. The van der Waals surface area contributed by atoms with Crippen LogP contribution < -0.4 is 4.74 Å². The van der Waals surface area contributed by atoms with Gasteiger partial charge in [0.1, 0.15) is 11.4 Å². The Balaban J connectivity index is 0.000000177. The average Bonchev–Trinajstić information content (AvgIpc) is 3.61. The zero-order chi connectivity index (χ0) is 40.9. The number of allylic oxidation sites excluding steroid dienone is 1. The van der Waals surface area contributed by atoms with E-state index in [1.54, 1.807) is 35.6 Å². The van der Waals surface area contributed by atoms with Gasteiger partial charge in [-0.15, -0.1) is 11.3 Å². The van der Waals surface area contributed by atoms with Gasteiger partial charge in [-0.2, -0.15) is 0 Å². The van der Waals surface area contributed by atoms with Crippen molar-refractivity contribution in [3.63, 3.8) is 0 Å². The van der Waals surface area contributed by atoms with E-state index in [0.717, 1.165) is 38.8 Å². The smallest absolute Gasteiger partial charge is 0.335 e. The zero-order valence-electron chi connectivity index (χ0n) is 34.0. The van der Waals surface area contributed by atoms with Crippen LogP contribution >= 0.6 is 11.3 Å². The Morgan fingerprint density at radius 2 is 1.25 bits per heavy atom. The molecule has 0 unspecified atom stereocenters. The molecule has 290 valence electrons. The minimum absolute atomic E-state index is 0.199. The minimum atomic E-state index is -0.914. The summed E-state index contributed by atoms with van der Waals surface area (Å²) in [5.74, 6) is -0.904. The molecule has 6 aromatic rings. The summed E-state index contributed by atoms with van der Waals surface area (Å²) < 4.78 is 6.31. The van der Waals surface area contributed by atoms with Gasteiger partial charge in [0, 0.05) is 20.9 Å². The van der Waals surface area contributed by atoms with Crippen LogP contribution in [0.1, 0.15) is 120 Å². The summed E-state index contributed by atoms with van der Waals surface area (Å²) in [5.41, 5.74) is 11.4. The van der Waals surface area contributed by atoms with Crippen molar-refractivity contribution < 1.29 is 24.5 Å². The van der Waals surface area contributed by atoms with Crippen LogP contribution in [0.15, 0.2) is 115 Å². The Kier molecular flexibility index (Phi) is 10.4. The van der Waals surface area contributed by atoms with E-state index in [0.29, 0.717) is 11.1 Å². The van der Waals surface area contributed by atoms with E-state index in [-0.39, 0.29) is 16.4 Å². The minimum Gasteiger partial charge on any atom is -0.483 e. The van der Waals surface area contributed by atoms with Gasteiger partial charge in [-0.3, -0.25) is 0 Å². The van der Waals surface area contributed by atoms with Crippen LogP contribution in [0.4, 0.5) is 0 Å². The molecule has 0 bridgehead atoms. The van der Waals surface area contributed by atoms with Gasteiger partial charge in [0.15, 0.2) is 0 Å². The summed E-state index contributed by atoms with van der Waals surface area (Å²) in [6, 6.07) is 35.9. The van der Waals surface area contributed by atoms with Crippen LogP contribution in [-0.2, 0) is 10.8 Å². The van der Waals surface area contributed by atoms with Crippen LogP contribution in [0.3, 0.4) is 0 Å². The third-order valence-corrected chi connectivity index (χ3v) is 12.4. The van der Waals surface area contributed by atoms with E-state index in [1.165, 1.54) is 50.4 Å². The highest BCUT2D eigenvalue weighted by atomic mass is 32.1. The Morgan fingerprint density at radius 3 is 1.86 bits per heavy atom. The molecular weight excluding hydrogens is 725 g/mol. The van der Waals surface area contributed by atoms with Crippen molar-refractivity contribution in [3.05, 3.63) is 164 Å². The summed E-state index contributed by atoms with van der Waals surface area (Å²) in [6.45, 7) is 17.8. The third kappa shape index (κ3) is 8.38. The molecule has 1 aliphatic carbocycles. The van der Waals surface area contributed by atoms with Crippen molar-refractivity contribution in [2.24, 2.45) is 0 Å². The third-order valence-electron chi connectivity index (χ3n) is 11.4. The topological polar surface area (TPSA) is 83.8 Å². The number of aryl methyl sites for hydroxylation is 1. The molecule has 0 amide bonds. The number of benzene rings is 5. The number of carboxylic acid groups (broad SMARTS) is 2. The first kappa shape index (κ1) is 39.5. The fourth-order valence-corrected chi connectivity index (χ4v) is 8.87. The molecule has 0 radical (unpaired) electrons. The van der Waals surface area contributed by atoms with Crippen LogP contribution in [0.2, 0.25) is 0 Å². The average molecular weight is 775 g/mol. The Labute approximate surface area is 340 Å². The first-order chi connectivity index (χ1) is 26.9. The molecule has 0 spiro atoms. The number of carbonyl (C=O) groups is 2. The second-order valence-electron chi connectivity index (χ2n) is 17.2. The van der Waals surface area contributed by atoms with Gasteiger partial charge in [0.25, 0.3) is 0 Å². The molecule has 6 heteroatoms. The molecule has 2 N–H and O–H groups in total. The molecule has 5 nitrogen and oxygen atoms in total. The summed E-state index contributed by atoms with van der Waals surface area (Å²) >= 11 is 1.80. The fourth-order valence-electron chi connectivity index (χ4n) is 7.97. The van der Waals surface area contributed by atoms with Gasteiger partial charge in [-0.1, -0.05) is 88.4 Å². The molecule has 0 fully saturated rings. The molecule has 2 aliphatic rings. The normalized spacial score (nSPS) is 16.3. The zero-order valence-corrected chi connectivity index (χ0v) is 34.8. The lowest BCUT2D eigenvalue weighted by molar-refractivity contribution is 0.0686. The molecule has 2 heterocycles. The number of rotatable bonds is 6. The van der Waals surface area contributed by atoms with E-state index < -0.39 is 11.9 Å².